The van der Waals surface area contributed by atoms with Crippen molar-refractivity contribution in [3.63, 3.8) is 0 Å². The van der Waals surface area contributed by atoms with E-state index in [0.29, 0.717) is 16.0 Å². The molecule has 0 radical (unpaired) electrons. The third kappa shape index (κ3) is 1.16. The number of hydrogen-bond donors (Lipinski definition) is 0. The quantitative estimate of drug-likeness (QED) is 0.483. The molecule has 3 aromatic heterocycles. The van der Waals surface area contributed by atoms with Crippen LogP contribution in [0.4, 0.5) is 0 Å². The Morgan fingerprint density at radius 1 is 1.11 bits per heavy atom. The van der Waals surface area contributed by atoms with Gasteiger partial charge in [-0.25, -0.2) is 14.4 Å². The summed E-state index contributed by atoms with van der Waals surface area (Å²) >= 11 is 1.50. The molecule has 0 unspecified atom stereocenters. The highest BCUT2D eigenvalue weighted by Crippen LogP contribution is 2.22. The fourth-order valence-electron chi connectivity index (χ4n) is 2.09. The molecular formula is C13H7N3OS. The summed E-state index contributed by atoms with van der Waals surface area (Å²) in [5, 5.41) is 0.708. The minimum Gasteiger partial charge on any atom is -0.268 e. The van der Waals surface area contributed by atoms with Crippen LogP contribution in [0.3, 0.4) is 0 Å². The molecule has 18 heavy (non-hydrogen) atoms. The van der Waals surface area contributed by atoms with Crippen molar-refractivity contribution in [3.05, 3.63) is 52.9 Å². The number of nitrogens with zero attached hydrogens (tertiary/aromatic N) is 3. The van der Waals surface area contributed by atoms with Gasteiger partial charge in [0, 0.05) is 10.9 Å². The maximum absolute atomic E-state index is 12.5. The topological polar surface area (TPSA) is 47.3 Å². The maximum atomic E-state index is 12.5. The lowest BCUT2D eigenvalue weighted by Crippen LogP contribution is -2.11. The van der Waals surface area contributed by atoms with Crippen molar-refractivity contribution >= 4 is 37.5 Å². The van der Waals surface area contributed by atoms with Crippen LogP contribution in [0.2, 0.25) is 0 Å². The molecule has 0 N–H and O–H groups in total. The highest BCUT2D eigenvalue weighted by atomic mass is 32.1. The normalized spacial score (nSPS) is 11.6. The van der Waals surface area contributed by atoms with E-state index in [1.54, 1.807) is 10.6 Å². The Hall–Kier alpha value is -2.27. The first-order chi connectivity index (χ1) is 8.84. The summed E-state index contributed by atoms with van der Waals surface area (Å²) in [6, 6.07) is 11.3. The third-order valence-electron chi connectivity index (χ3n) is 2.91. The van der Waals surface area contributed by atoms with Gasteiger partial charge in [0.25, 0.3) is 5.56 Å². The molecule has 0 saturated carbocycles. The van der Waals surface area contributed by atoms with E-state index in [1.165, 1.54) is 11.3 Å². The minimum atomic E-state index is -0.0550. The van der Waals surface area contributed by atoms with Crippen LogP contribution in [-0.2, 0) is 0 Å². The molecule has 3 heterocycles. The largest absolute Gasteiger partial charge is 0.268 e. The molecule has 0 aliphatic carbocycles. The molecule has 0 saturated heterocycles. The summed E-state index contributed by atoms with van der Waals surface area (Å²) in [6.07, 6.45) is 1.68. The van der Waals surface area contributed by atoms with Crippen LogP contribution in [0.15, 0.2) is 47.4 Å². The van der Waals surface area contributed by atoms with Gasteiger partial charge in [0.1, 0.15) is 5.52 Å². The number of fused-ring (bicyclic) bond motifs is 4. The summed E-state index contributed by atoms with van der Waals surface area (Å²) < 4.78 is 2.54. The molecular weight excluding hydrogens is 246 g/mol. The van der Waals surface area contributed by atoms with Crippen LogP contribution in [0, 0.1) is 0 Å². The molecule has 0 atom stereocenters. The van der Waals surface area contributed by atoms with Crippen molar-refractivity contribution in [2.45, 2.75) is 0 Å². The molecule has 4 rings (SSSR count). The van der Waals surface area contributed by atoms with E-state index < -0.39 is 0 Å². The van der Waals surface area contributed by atoms with Crippen molar-refractivity contribution in [2.24, 2.45) is 0 Å². The maximum Gasteiger partial charge on any atom is 0.267 e. The lowest BCUT2D eigenvalue weighted by molar-refractivity contribution is 1.16. The molecule has 4 nitrogen and oxygen atoms in total. The lowest BCUT2D eigenvalue weighted by atomic mass is 10.3. The van der Waals surface area contributed by atoms with Crippen molar-refractivity contribution < 1.29 is 0 Å². The van der Waals surface area contributed by atoms with Gasteiger partial charge in [0.15, 0.2) is 10.6 Å². The van der Waals surface area contributed by atoms with Crippen LogP contribution >= 0.6 is 11.3 Å². The van der Waals surface area contributed by atoms with Crippen LogP contribution in [0.25, 0.3) is 26.2 Å². The summed E-state index contributed by atoms with van der Waals surface area (Å²) in [5.41, 5.74) is 1.32. The average Bonchev–Trinajstić information content (AvgIpc) is 2.77. The highest BCUT2D eigenvalue weighted by Gasteiger charge is 2.11. The van der Waals surface area contributed by atoms with Crippen LogP contribution in [-0.4, -0.2) is 14.4 Å². The number of hydrogen-bond acceptors (Lipinski definition) is 4. The fraction of sp³-hybridized carbons (Fsp3) is 0. The van der Waals surface area contributed by atoms with E-state index in [0.717, 1.165) is 10.2 Å². The van der Waals surface area contributed by atoms with Gasteiger partial charge >= 0.3 is 0 Å². The summed E-state index contributed by atoms with van der Waals surface area (Å²) in [7, 11) is 0. The van der Waals surface area contributed by atoms with E-state index in [1.807, 2.05) is 36.4 Å². The monoisotopic (exact) mass is 253 g/mol. The zero-order valence-electron chi connectivity index (χ0n) is 9.20. The van der Waals surface area contributed by atoms with Crippen LogP contribution < -0.4 is 5.56 Å². The second-order valence-corrected chi connectivity index (χ2v) is 4.99. The SMILES string of the molecule is O=c1c2ccccc2sc2nc3cccnc3n12. The Morgan fingerprint density at radius 2 is 2.00 bits per heavy atom. The van der Waals surface area contributed by atoms with E-state index in [2.05, 4.69) is 9.97 Å². The van der Waals surface area contributed by atoms with Gasteiger partial charge < -0.3 is 0 Å². The smallest absolute Gasteiger partial charge is 0.267 e. The number of pyridine rings is 1. The molecule has 0 fully saturated rings. The molecule has 86 valence electrons. The summed E-state index contributed by atoms with van der Waals surface area (Å²) in [4.78, 5) is 21.8. The second kappa shape index (κ2) is 3.36. The number of rotatable bonds is 0. The predicted octanol–water partition coefficient (Wildman–Crippen LogP) is 2.46. The van der Waals surface area contributed by atoms with E-state index in [4.69, 9.17) is 0 Å². The first kappa shape index (κ1) is 9.73. The fourth-order valence-corrected chi connectivity index (χ4v) is 3.11. The Labute approximate surface area is 105 Å². The first-order valence-electron chi connectivity index (χ1n) is 5.49. The third-order valence-corrected chi connectivity index (χ3v) is 3.94. The van der Waals surface area contributed by atoms with Crippen molar-refractivity contribution in [1.82, 2.24) is 14.4 Å². The summed E-state index contributed by atoms with van der Waals surface area (Å²) in [5.74, 6) is 0. The van der Waals surface area contributed by atoms with Crippen molar-refractivity contribution in [3.8, 4) is 0 Å². The van der Waals surface area contributed by atoms with Crippen molar-refractivity contribution in [2.75, 3.05) is 0 Å². The Kier molecular flexibility index (Phi) is 1.82. The molecule has 4 aromatic rings. The van der Waals surface area contributed by atoms with Gasteiger partial charge in [-0.05, 0) is 24.3 Å². The first-order valence-corrected chi connectivity index (χ1v) is 6.31. The average molecular weight is 253 g/mol. The second-order valence-electron chi connectivity index (χ2n) is 3.98. The van der Waals surface area contributed by atoms with Gasteiger partial charge in [-0.15, -0.1) is 0 Å². The highest BCUT2D eigenvalue weighted by molar-refractivity contribution is 7.23. The molecule has 1 aromatic carbocycles. The Morgan fingerprint density at radius 3 is 2.94 bits per heavy atom. The number of aromatic nitrogens is 3. The Bertz CT molecular complexity index is 955. The van der Waals surface area contributed by atoms with Gasteiger partial charge in [-0.1, -0.05) is 23.5 Å². The van der Waals surface area contributed by atoms with Gasteiger partial charge in [0.2, 0.25) is 0 Å². The van der Waals surface area contributed by atoms with Crippen molar-refractivity contribution in [1.29, 1.82) is 0 Å². The predicted molar refractivity (Wildman–Crippen MR) is 72.1 cm³/mol. The molecule has 5 heteroatoms. The molecule has 0 amide bonds. The summed E-state index contributed by atoms with van der Waals surface area (Å²) in [6.45, 7) is 0. The Balaban J connectivity index is 2.39. The van der Waals surface area contributed by atoms with E-state index in [9.17, 15) is 4.79 Å². The molecule has 0 spiro atoms. The van der Waals surface area contributed by atoms with E-state index >= 15 is 0 Å². The van der Waals surface area contributed by atoms with Gasteiger partial charge in [-0.2, -0.15) is 0 Å². The zero-order chi connectivity index (χ0) is 12.1. The number of imidazole rings is 1. The number of benzene rings is 1. The standard InChI is InChI=1S/C13H7N3OS/c17-12-8-4-1-2-6-10(8)18-13-15-9-5-3-7-14-11(9)16(12)13/h1-7H. The van der Waals surface area contributed by atoms with Crippen LogP contribution in [0.5, 0.6) is 0 Å². The minimum absolute atomic E-state index is 0.0550. The van der Waals surface area contributed by atoms with Crippen LogP contribution in [0.1, 0.15) is 0 Å². The lowest BCUT2D eigenvalue weighted by Gasteiger charge is -1.97. The molecule has 0 bridgehead atoms. The van der Waals surface area contributed by atoms with Gasteiger partial charge in [-0.3, -0.25) is 4.79 Å². The van der Waals surface area contributed by atoms with E-state index in [-0.39, 0.29) is 5.56 Å². The molecule has 0 aliphatic heterocycles. The zero-order valence-corrected chi connectivity index (χ0v) is 10.0. The molecule has 0 aliphatic rings. The van der Waals surface area contributed by atoms with Gasteiger partial charge in [0.05, 0.1) is 5.39 Å².